The van der Waals surface area contributed by atoms with Crippen molar-refractivity contribution in [3.8, 4) is 11.5 Å². The molecule has 0 bridgehead atoms. The van der Waals surface area contributed by atoms with Gasteiger partial charge in [-0.3, -0.25) is 0 Å². The number of thiocarbonyl (C=S) groups is 1. The molecule has 0 saturated heterocycles. The van der Waals surface area contributed by atoms with E-state index >= 15 is 0 Å². The fourth-order valence-corrected chi connectivity index (χ4v) is 2.50. The van der Waals surface area contributed by atoms with Gasteiger partial charge >= 0.3 is 0 Å². The zero-order valence-electron chi connectivity index (χ0n) is 14.0. The molecule has 0 amide bonds. The number of hydrogen-bond acceptors (Lipinski definition) is 3. The average molecular weight is 365 g/mol. The van der Waals surface area contributed by atoms with Crippen molar-refractivity contribution in [2.75, 3.05) is 19.0 Å². The monoisotopic (exact) mass is 364 g/mol. The van der Waals surface area contributed by atoms with E-state index in [-0.39, 0.29) is 0 Å². The summed E-state index contributed by atoms with van der Waals surface area (Å²) in [5, 5.41) is 7.53. The molecule has 2 rings (SSSR count). The van der Waals surface area contributed by atoms with Gasteiger partial charge in [0.2, 0.25) is 0 Å². The lowest BCUT2D eigenvalue weighted by Crippen LogP contribution is -2.27. The minimum absolute atomic E-state index is 0.531. The van der Waals surface area contributed by atoms with Gasteiger partial charge in [0.05, 0.1) is 13.7 Å². The molecule has 2 N–H and O–H groups in total. The summed E-state index contributed by atoms with van der Waals surface area (Å²) in [5.41, 5.74) is 2.93. The smallest absolute Gasteiger partial charge is 0.171 e. The van der Waals surface area contributed by atoms with E-state index < -0.39 is 0 Å². The van der Waals surface area contributed by atoms with Crippen LogP contribution >= 0.6 is 23.8 Å². The number of aryl methyl sites for hydroxylation is 1. The summed E-state index contributed by atoms with van der Waals surface area (Å²) >= 11 is 11.4. The van der Waals surface area contributed by atoms with Gasteiger partial charge in [0, 0.05) is 17.3 Å². The van der Waals surface area contributed by atoms with E-state index in [9.17, 15) is 0 Å². The van der Waals surface area contributed by atoms with Crippen LogP contribution in [0.15, 0.2) is 36.4 Å². The SMILES string of the molecule is CCOc1cc(CNC(=S)Nc2ccc(C)c(Cl)c2)ccc1OC. The quantitative estimate of drug-likeness (QED) is 0.736. The van der Waals surface area contributed by atoms with Gasteiger partial charge in [-0.1, -0.05) is 23.7 Å². The molecule has 0 radical (unpaired) electrons. The third-order valence-corrected chi connectivity index (χ3v) is 4.06. The fraction of sp³-hybridized carbons (Fsp3) is 0.278. The van der Waals surface area contributed by atoms with Gasteiger partial charge in [0.15, 0.2) is 16.6 Å². The van der Waals surface area contributed by atoms with Crippen molar-refractivity contribution >= 4 is 34.6 Å². The Hall–Kier alpha value is -1.98. The largest absolute Gasteiger partial charge is 0.493 e. The van der Waals surface area contributed by atoms with Crippen LogP contribution in [0.4, 0.5) is 5.69 Å². The van der Waals surface area contributed by atoms with Gasteiger partial charge < -0.3 is 20.1 Å². The summed E-state index contributed by atoms with van der Waals surface area (Å²) in [4.78, 5) is 0. The lowest BCUT2D eigenvalue weighted by atomic mass is 10.2. The number of nitrogens with one attached hydrogen (secondary N) is 2. The van der Waals surface area contributed by atoms with E-state index in [4.69, 9.17) is 33.3 Å². The van der Waals surface area contributed by atoms with E-state index in [0.717, 1.165) is 28.3 Å². The Balaban J connectivity index is 1.95. The summed E-state index contributed by atoms with van der Waals surface area (Å²) in [6, 6.07) is 11.5. The second-order valence-electron chi connectivity index (χ2n) is 5.19. The first-order chi connectivity index (χ1) is 11.5. The Bertz CT molecular complexity index is 722. The first-order valence-electron chi connectivity index (χ1n) is 7.64. The van der Waals surface area contributed by atoms with Crippen LogP contribution < -0.4 is 20.1 Å². The van der Waals surface area contributed by atoms with Crippen molar-refractivity contribution < 1.29 is 9.47 Å². The normalized spacial score (nSPS) is 10.2. The summed E-state index contributed by atoms with van der Waals surface area (Å²) in [7, 11) is 1.63. The highest BCUT2D eigenvalue weighted by Crippen LogP contribution is 2.28. The van der Waals surface area contributed by atoms with E-state index in [1.807, 2.05) is 50.2 Å². The molecule has 0 fully saturated rings. The van der Waals surface area contributed by atoms with Crippen molar-refractivity contribution in [2.24, 2.45) is 0 Å². The number of hydrogen-bond donors (Lipinski definition) is 2. The molecule has 0 atom stereocenters. The Kier molecular flexibility index (Phi) is 6.70. The zero-order chi connectivity index (χ0) is 17.5. The van der Waals surface area contributed by atoms with Crippen LogP contribution in [0.3, 0.4) is 0 Å². The maximum atomic E-state index is 6.12. The summed E-state index contributed by atoms with van der Waals surface area (Å²) < 4.78 is 10.9. The number of anilines is 1. The van der Waals surface area contributed by atoms with E-state index in [1.54, 1.807) is 7.11 Å². The Morgan fingerprint density at radius 3 is 2.62 bits per heavy atom. The standard InChI is InChI=1S/C18H21ClN2O2S/c1-4-23-17-9-13(6-8-16(17)22-3)11-20-18(24)21-14-7-5-12(2)15(19)10-14/h5-10H,4,11H2,1-3H3,(H2,20,21,24). The highest BCUT2D eigenvalue weighted by Gasteiger charge is 2.06. The number of methoxy groups -OCH3 is 1. The lowest BCUT2D eigenvalue weighted by Gasteiger charge is -2.13. The number of benzene rings is 2. The highest BCUT2D eigenvalue weighted by atomic mass is 35.5. The molecule has 0 aliphatic rings. The topological polar surface area (TPSA) is 42.5 Å². The molecule has 0 unspecified atom stereocenters. The summed E-state index contributed by atoms with van der Waals surface area (Å²) in [5.74, 6) is 1.44. The lowest BCUT2D eigenvalue weighted by molar-refractivity contribution is 0.310. The molecule has 24 heavy (non-hydrogen) atoms. The molecule has 0 heterocycles. The van der Waals surface area contributed by atoms with Crippen LogP contribution in [0.25, 0.3) is 0 Å². The molecule has 2 aromatic rings. The maximum absolute atomic E-state index is 6.12. The van der Waals surface area contributed by atoms with Gasteiger partial charge in [0.1, 0.15) is 0 Å². The summed E-state index contributed by atoms with van der Waals surface area (Å²) in [6.45, 7) is 5.06. The van der Waals surface area contributed by atoms with Crippen molar-refractivity contribution in [1.82, 2.24) is 5.32 Å². The van der Waals surface area contributed by atoms with E-state index in [1.165, 1.54) is 0 Å². The van der Waals surface area contributed by atoms with E-state index in [2.05, 4.69) is 10.6 Å². The van der Waals surface area contributed by atoms with Crippen LogP contribution in [0.5, 0.6) is 11.5 Å². The number of halogens is 1. The minimum Gasteiger partial charge on any atom is -0.493 e. The Morgan fingerprint density at radius 2 is 1.96 bits per heavy atom. The van der Waals surface area contributed by atoms with Crippen molar-refractivity contribution in [1.29, 1.82) is 0 Å². The number of ether oxygens (including phenoxy) is 2. The van der Waals surface area contributed by atoms with Gasteiger partial charge in [-0.25, -0.2) is 0 Å². The average Bonchev–Trinajstić information content (AvgIpc) is 2.57. The Morgan fingerprint density at radius 1 is 1.17 bits per heavy atom. The predicted molar refractivity (Wildman–Crippen MR) is 103 cm³/mol. The van der Waals surface area contributed by atoms with Crippen LogP contribution in [-0.2, 0) is 6.54 Å². The van der Waals surface area contributed by atoms with Crippen molar-refractivity contribution in [3.63, 3.8) is 0 Å². The molecule has 2 aromatic carbocycles. The maximum Gasteiger partial charge on any atom is 0.171 e. The second kappa shape index (κ2) is 8.76. The van der Waals surface area contributed by atoms with Crippen LogP contribution in [-0.4, -0.2) is 18.8 Å². The van der Waals surface area contributed by atoms with Crippen molar-refractivity contribution in [2.45, 2.75) is 20.4 Å². The first-order valence-corrected chi connectivity index (χ1v) is 8.42. The van der Waals surface area contributed by atoms with Crippen molar-refractivity contribution in [3.05, 3.63) is 52.5 Å². The second-order valence-corrected chi connectivity index (χ2v) is 6.01. The zero-order valence-corrected chi connectivity index (χ0v) is 15.6. The van der Waals surface area contributed by atoms with Crippen LogP contribution in [0.2, 0.25) is 5.02 Å². The predicted octanol–water partition coefficient (Wildman–Crippen LogP) is 4.54. The molecule has 128 valence electrons. The minimum atomic E-state index is 0.531. The third kappa shape index (κ3) is 5.01. The molecular weight excluding hydrogens is 344 g/mol. The highest BCUT2D eigenvalue weighted by molar-refractivity contribution is 7.80. The molecule has 0 spiro atoms. The molecule has 0 aliphatic carbocycles. The van der Waals surface area contributed by atoms with E-state index in [0.29, 0.717) is 23.3 Å². The number of rotatable bonds is 6. The van der Waals surface area contributed by atoms with Crippen LogP contribution in [0, 0.1) is 6.92 Å². The van der Waals surface area contributed by atoms with Gasteiger partial charge in [-0.05, 0) is 61.5 Å². The molecule has 4 nitrogen and oxygen atoms in total. The first kappa shape index (κ1) is 18.4. The van der Waals surface area contributed by atoms with Gasteiger partial charge in [-0.15, -0.1) is 0 Å². The molecule has 6 heteroatoms. The molecular formula is C18H21ClN2O2S. The summed E-state index contributed by atoms with van der Waals surface area (Å²) in [6.07, 6.45) is 0. The Labute approximate surface area is 153 Å². The fourth-order valence-electron chi connectivity index (χ4n) is 2.13. The molecule has 0 saturated carbocycles. The molecule has 0 aliphatic heterocycles. The molecule has 0 aromatic heterocycles. The van der Waals surface area contributed by atoms with Crippen LogP contribution in [0.1, 0.15) is 18.1 Å². The van der Waals surface area contributed by atoms with Gasteiger partial charge in [0.25, 0.3) is 0 Å². The van der Waals surface area contributed by atoms with Gasteiger partial charge in [-0.2, -0.15) is 0 Å². The third-order valence-electron chi connectivity index (χ3n) is 3.41.